The van der Waals surface area contributed by atoms with E-state index >= 15 is 0 Å². The van der Waals surface area contributed by atoms with Crippen molar-refractivity contribution >= 4 is 46.2 Å². The van der Waals surface area contributed by atoms with Crippen LogP contribution in [0.15, 0.2) is 28.7 Å². The Kier molecular flexibility index (Phi) is 36.6. The molecular weight excluding hydrogens is 1310 g/mol. The fourth-order valence-electron chi connectivity index (χ4n) is 7.98. The number of nitrogens with zero attached hydrogens (tertiary/aromatic N) is 10. The van der Waals surface area contributed by atoms with E-state index in [1.807, 2.05) is 0 Å². The molecule has 97 heavy (non-hydrogen) atoms. The molecule has 538 valence electrons. The number of nitrogens with one attached hydrogen (secondary N) is 1. The van der Waals surface area contributed by atoms with Crippen LogP contribution in [0.1, 0.15) is 80.1 Å². The number of aryl methyl sites for hydroxylation is 1. The number of anilines is 2. The lowest BCUT2D eigenvalue weighted by Gasteiger charge is -2.24. The Morgan fingerprint density at radius 2 is 0.948 bits per heavy atom. The van der Waals surface area contributed by atoms with Gasteiger partial charge in [0.2, 0.25) is 28.8 Å². The monoisotopic (exact) mass is 1400 g/mol. The molecule has 0 saturated carbocycles. The number of aromatic nitrogens is 8. The maximum absolute atomic E-state index is 13.1. The van der Waals surface area contributed by atoms with Crippen molar-refractivity contribution in [2.45, 2.75) is 66.1 Å². The van der Waals surface area contributed by atoms with Crippen molar-refractivity contribution in [3.8, 4) is 65.1 Å². The number of amides is 1. The van der Waals surface area contributed by atoms with Gasteiger partial charge in [0.1, 0.15) is 25.6 Å². The highest BCUT2D eigenvalue weighted by Crippen LogP contribution is 2.48. The van der Waals surface area contributed by atoms with Gasteiger partial charge in [-0.15, -0.1) is 0 Å². The lowest BCUT2D eigenvalue weighted by Crippen LogP contribution is -2.22. The van der Waals surface area contributed by atoms with Crippen LogP contribution in [-0.2, 0) is 50.8 Å². The van der Waals surface area contributed by atoms with E-state index in [4.69, 9.17) is 88.4 Å². The number of nitrogens with two attached hydrogens (primary N) is 1. The van der Waals surface area contributed by atoms with Crippen LogP contribution >= 0.6 is 11.6 Å². The summed E-state index contributed by atoms with van der Waals surface area (Å²) in [5.41, 5.74) is 9.06. The molecule has 0 spiro atoms. The number of ether oxygens (including phenoxy) is 17. The minimum atomic E-state index is -0.700. The molecule has 0 radical (unpaired) electrons. The van der Waals surface area contributed by atoms with E-state index in [2.05, 4.69) is 111 Å². The Labute approximate surface area is 564 Å². The second-order valence-corrected chi connectivity index (χ2v) is 19.9. The number of nitrogen functional groups attached to an aromatic ring is 1. The summed E-state index contributed by atoms with van der Waals surface area (Å²) in [6, 6.07) is 7.90. The SMILES string of the molecule is CCOC(C)=O.COCCO.COCCOc1nc(OC)c(N)c(OC)n1.COCCOc1nc(OC)c(NC(=O)c2ccc(Cc3cc4c(cc3C)C(C)(C)OC4(C)C)o2)c(OC)n1.COCCOc1nc(OC)c([N+](=O)[O-])c(OC)n1.COc1nc(Cl)nc(OC)c1[N+](=O)[O-]. The molecule has 0 fully saturated rings. The first-order valence-electron chi connectivity index (χ1n) is 28.7. The normalized spacial score (nSPS) is 11.7. The molecule has 6 aromatic rings. The third-order valence-electron chi connectivity index (χ3n) is 12.2. The van der Waals surface area contributed by atoms with Crippen LogP contribution in [0.25, 0.3) is 0 Å². The summed E-state index contributed by atoms with van der Waals surface area (Å²) in [6.07, 6.45) is 0.534. The van der Waals surface area contributed by atoms with Gasteiger partial charge in [0.05, 0.1) is 118 Å². The first-order valence-corrected chi connectivity index (χ1v) is 29.0. The molecule has 1 amide bonds. The zero-order valence-corrected chi connectivity index (χ0v) is 58.3. The molecule has 0 bridgehead atoms. The van der Waals surface area contributed by atoms with Crippen LogP contribution in [0, 0.1) is 27.2 Å². The molecule has 0 saturated heterocycles. The molecule has 5 aromatic heterocycles. The van der Waals surface area contributed by atoms with Gasteiger partial charge in [-0.05, 0) is 87.5 Å². The van der Waals surface area contributed by atoms with E-state index in [0.29, 0.717) is 51.8 Å². The van der Waals surface area contributed by atoms with Gasteiger partial charge in [-0.1, -0.05) is 12.1 Å². The maximum Gasteiger partial charge on any atom is 0.392 e. The van der Waals surface area contributed by atoms with Crippen LogP contribution in [0.5, 0.6) is 65.1 Å². The van der Waals surface area contributed by atoms with Gasteiger partial charge >= 0.3 is 58.9 Å². The minimum Gasteiger partial charge on any atom is -0.479 e. The Morgan fingerprint density at radius 1 is 0.577 bits per heavy atom. The van der Waals surface area contributed by atoms with Gasteiger partial charge in [-0.2, -0.15) is 39.9 Å². The van der Waals surface area contributed by atoms with E-state index in [1.54, 1.807) is 40.4 Å². The fraction of sp³-hybridized carbons (Fsp3) is 0.525. The molecule has 7 rings (SSSR count). The van der Waals surface area contributed by atoms with Gasteiger partial charge < -0.3 is 101 Å². The van der Waals surface area contributed by atoms with Gasteiger partial charge in [-0.25, -0.2) is 0 Å². The van der Waals surface area contributed by atoms with Gasteiger partial charge in [0, 0.05) is 41.8 Å². The number of rotatable bonds is 29. The zero-order valence-electron chi connectivity index (χ0n) is 57.6. The first kappa shape index (κ1) is 83.3. The number of methoxy groups -OCH3 is 12. The number of hydrogen-bond donors (Lipinski definition) is 3. The quantitative estimate of drug-likeness (QED) is 0.0147. The van der Waals surface area contributed by atoms with E-state index in [-0.39, 0.29) is 124 Å². The average molecular weight is 1400 g/mol. The number of esters is 1. The number of furan rings is 1. The predicted octanol–water partition coefficient (Wildman–Crippen LogP) is 6.54. The van der Waals surface area contributed by atoms with E-state index < -0.39 is 27.1 Å². The van der Waals surface area contributed by atoms with Crippen LogP contribution < -0.4 is 63.2 Å². The van der Waals surface area contributed by atoms with Crippen molar-refractivity contribution in [2.75, 3.05) is 156 Å². The van der Waals surface area contributed by atoms with Crippen molar-refractivity contribution in [3.05, 3.63) is 83.6 Å². The number of aliphatic hydroxyl groups is 1. The minimum absolute atomic E-state index is 0.0377. The second kappa shape index (κ2) is 42.6. The molecule has 0 atom stereocenters. The first-order chi connectivity index (χ1) is 46.1. The van der Waals surface area contributed by atoms with Gasteiger partial charge in [0.15, 0.2) is 17.1 Å². The van der Waals surface area contributed by atoms with Crippen LogP contribution in [0.3, 0.4) is 0 Å². The molecule has 4 N–H and O–H groups in total. The van der Waals surface area contributed by atoms with Crippen LogP contribution in [0.2, 0.25) is 5.28 Å². The summed E-state index contributed by atoms with van der Waals surface area (Å²) in [5.74, 6) is -0.198. The number of carbonyl (C=O) groups excluding carboxylic acids is 2. The van der Waals surface area contributed by atoms with Crippen molar-refractivity contribution in [1.29, 1.82) is 0 Å². The van der Waals surface area contributed by atoms with Gasteiger partial charge in [-0.3, -0.25) is 29.8 Å². The van der Waals surface area contributed by atoms with Crippen molar-refractivity contribution in [3.63, 3.8) is 0 Å². The maximum atomic E-state index is 13.1. The van der Waals surface area contributed by atoms with Crippen molar-refractivity contribution in [1.82, 2.24) is 39.9 Å². The number of aliphatic hydroxyl groups excluding tert-OH is 1. The van der Waals surface area contributed by atoms with E-state index in [9.17, 15) is 29.8 Å². The second-order valence-electron chi connectivity index (χ2n) is 19.6. The fourth-order valence-corrected chi connectivity index (χ4v) is 8.13. The topological polar surface area (TPSA) is 452 Å². The molecule has 37 nitrogen and oxygen atoms in total. The lowest BCUT2D eigenvalue weighted by atomic mass is 9.86. The predicted molar refractivity (Wildman–Crippen MR) is 344 cm³/mol. The van der Waals surface area contributed by atoms with Crippen molar-refractivity contribution in [2.24, 2.45) is 0 Å². The molecule has 6 heterocycles. The number of halogens is 1. The highest BCUT2D eigenvalue weighted by Gasteiger charge is 2.43. The Balaban J connectivity index is 0.000000453. The Bertz CT molecular complexity index is 3350. The molecule has 38 heteroatoms. The van der Waals surface area contributed by atoms with Crippen molar-refractivity contribution < 1.29 is 109 Å². The molecule has 0 unspecified atom stereocenters. The summed E-state index contributed by atoms with van der Waals surface area (Å²) < 4.78 is 91.1. The summed E-state index contributed by atoms with van der Waals surface area (Å²) >= 11 is 5.48. The number of carbonyl (C=O) groups is 2. The molecule has 0 aliphatic carbocycles. The standard InChI is InChI=1S/C28H35N3O7.C9H13N3O6.C9H15N3O4.C6H6ClN3O4.C4H8O2.C3H8O2/c1-16-13-19-20(28(4,5)38-27(19,2)3)15-17(16)14-18-9-10-21(37-18)23(32)29-22-24(34-7)30-26(31-25(22)35-8)36-12-11-33-6;1-15-4-5-18-9-10-7(16-2)6(12(13)14)8(11-9)17-3;1-13-4-5-16-9-11-7(14-2)6(10)8(12-9)15-3;1-13-4-3(10(11)12)5(14-2)9-6(7)8-4;1-3-6-4(2)5;1-5-3-2-4/h9-10,13,15H,11-12,14H2,1-8H3,(H,29,32);4-5H2,1-3H3;4-5,10H2,1-3H3;1-2H3;3H2,1-2H3;4H,2-3H2,1H3. The summed E-state index contributed by atoms with van der Waals surface area (Å²) in [4.78, 5) is 73.8. The van der Waals surface area contributed by atoms with Gasteiger partial charge in [0.25, 0.3) is 5.91 Å². The average Bonchev–Trinajstić information content (AvgIpc) is 1.59. The Hall–Kier alpha value is -9.79. The number of hydrogen-bond acceptors (Lipinski definition) is 34. The Morgan fingerprint density at radius 3 is 1.28 bits per heavy atom. The summed E-state index contributed by atoms with van der Waals surface area (Å²) in [6.45, 7) is 16.6. The molecule has 1 aliphatic rings. The third kappa shape index (κ3) is 26.0. The molecular formula is C59H85ClN12O25. The number of fused-ring (bicyclic) bond motifs is 1. The number of benzene rings is 1. The highest BCUT2D eigenvalue weighted by atomic mass is 35.5. The van der Waals surface area contributed by atoms with E-state index in [0.717, 1.165) is 11.1 Å². The highest BCUT2D eigenvalue weighted by molar-refractivity contribution is 6.28. The van der Waals surface area contributed by atoms with Crippen LogP contribution in [-0.4, -0.2) is 211 Å². The molecule has 1 aromatic carbocycles. The lowest BCUT2D eigenvalue weighted by molar-refractivity contribution is -0.387. The number of nitro groups is 2. The van der Waals surface area contributed by atoms with Crippen LogP contribution in [0.4, 0.5) is 22.7 Å². The third-order valence-corrected chi connectivity index (χ3v) is 12.3. The molecule has 1 aliphatic heterocycles. The largest absolute Gasteiger partial charge is 0.479 e. The smallest absolute Gasteiger partial charge is 0.392 e. The summed E-state index contributed by atoms with van der Waals surface area (Å²) in [7, 11) is 17.0. The summed E-state index contributed by atoms with van der Waals surface area (Å²) in [5, 5.41) is 31.9. The zero-order chi connectivity index (χ0) is 73.0. The van der Waals surface area contributed by atoms with E-state index in [1.165, 1.54) is 82.0 Å².